The Balaban J connectivity index is 1.82. The molecule has 0 aliphatic heterocycles. The zero-order valence-corrected chi connectivity index (χ0v) is 23.5. The molecule has 0 bridgehead atoms. The van der Waals surface area contributed by atoms with Gasteiger partial charge < -0.3 is 33.9 Å². The Hall–Kier alpha value is -5.91. The van der Waals surface area contributed by atoms with E-state index in [1.165, 1.54) is 56.7 Å². The number of benzene rings is 4. The molecule has 5 aromatic rings. The molecule has 0 fully saturated rings. The lowest BCUT2D eigenvalue weighted by atomic mass is 9.89. The van der Waals surface area contributed by atoms with Gasteiger partial charge in [-0.15, -0.1) is 0 Å². The first-order chi connectivity index (χ1) is 21.0. The van der Waals surface area contributed by atoms with Crippen LogP contribution in [0.1, 0.15) is 43.3 Å². The Labute approximate surface area is 247 Å². The maximum absolute atomic E-state index is 13.7. The molecule has 12 heteroatoms. The van der Waals surface area contributed by atoms with E-state index in [1.54, 1.807) is 6.07 Å². The van der Waals surface area contributed by atoms with Crippen molar-refractivity contribution in [1.29, 1.82) is 0 Å². The van der Waals surface area contributed by atoms with Crippen molar-refractivity contribution in [3.05, 3.63) is 81.4 Å². The molecule has 0 aliphatic rings. The third-order valence-electron chi connectivity index (χ3n) is 7.16. The second-order valence-electron chi connectivity index (χ2n) is 9.74. The number of hydrogen-bond donors (Lipinski definition) is 3. The molecule has 12 nitrogen and oxygen atoms in total. The number of Topliss-reactive ketones (excluding diaryl/α,β-unsaturated/α-hetero) is 2. The van der Waals surface area contributed by atoms with Crippen LogP contribution >= 0.6 is 0 Å². The van der Waals surface area contributed by atoms with Crippen LogP contribution in [0.4, 0.5) is 0 Å². The minimum atomic E-state index is -1.26. The molecule has 0 atom stereocenters. The number of methoxy groups -OCH3 is 3. The van der Waals surface area contributed by atoms with Gasteiger partial charge in [-0.05, 0) is 58.1 Å². The normalized spacial score (nSPS) is 11.1. The Morgan fingerprint density at radius 1 is 0.795 bits per heavy atom. The van der Waals surface area contributed by atoms with Gasteiger partial charge in [0.05, 0.1) is 56.1 Å². The van der Waals surface area contributed by atoms with Crippen LogP contribution in [-0.4, -0.2) is 60.2 Å². The molecule has 5 rings (SSSR count). The molecule has 0 spiro atoms. The Morgan fingerprint density at radius 2 is 1.43 bits per heavy atom. The smallest absolute Gasteiger partial charge is 0.374 e. The summed E-state index contributed by atoms with van der Waals surface area (Å²) in [5.41, 5.74) is -1.27. The number of hydrogen-bond acceptors (Lipinski definition) is 11. The molecule has 0 radical (unpaired) electrons. The highest BCUT2D eigenvalue weighted by atomic mass is 16.5. The zero-order valence-electron chi connectivity index (χ0n) is 23.5. The van der Waals surface area contributed by atoms with Crippen molar-refractivity contribution >= 4 is 55.8 Å². The molecule has 0 amide bonds. The summed E-state index contributed by atoms with van der Waals surface area (Å²) in [6, 6.07) is 11.4. The Morgan fingerprint density at radius 3 is 2.05 bits per heavy atom. The summed E-state index contributed by atoms with van der Waals surface area (Å²) in [6.45, 7) is 0. The second-order valence-corrected chi connectivity index (χ2v) is 9.74. The minimum absolute atomic E-state index is 0.0202. The lowest BCUT2D eigenvalue weighted by Gasteiger charge is -2.19. The fourth-order valence-corrected chi connectivity index (χ4v) is 5.34. The van der Waals surface area contributed by atoms with E-state index in [0.29, 0.717) is 10.8 Å². The number of ether oxygens (including phenoxy) is 3. The van der Waals surface area contributed by atoms with Crippen molar-refractivity contribution in [2.45, 2.75) is 12.8 Å². The summed E-state index contributed by atoms with van der Waals surface area (Å²) >= 11 is 0. The predicted molar refractivity (Wildman–Crippen MR) is 156 cm³/mol. The lowest BCUT2D eigenvalue weighted by molar-refractivity contribution is -0.136. The number of phenols is 2. The van der Waals surface area contributed by atoms with Crippen molar-refractivity contribution < 1.29 is 53.1 Å². The average Bonchev–Trinajstić information content (AvgIpc) is 2.98. The molecule has 0 unspecified atom stereocenters. The topological polar surface area (TPSA) is 187 Å². The van der Waals surface area contributed by atoms with Gasteiger partial charge in [0.25, 0.3) is 0 Å². The summed E-state index contributed by atoms with van der Waals surface area (Å²) in [5, 5.41) is 31.9. The summed E-state index contributed by atoms with van der Waals surface area (Å²) in [7, 11) is 3.65. The molecular weight excluding hydrogens is 576 g/mol. The fraction of sp³-hybridized carbons (Fsp3) is 0.156. The van der Waals surface area contributed by atoms with Crippen LogP contribution in [0.5, 0.6) is 23.0 Å². The first-order valence-electron chi connectivity index (χ1n) is 13.0. The number of carboxylic acid groups (broad SMARTS) is 1. The van der Waals surface area contributed by atoms with E-state index < -0.39 is 47.7 Å². The summed E-state index contributed by atoms with van der Waals surface area (Å²) in [5.74, 6) is -5.04. The third kappa shape index (κ3) is 4.91. The zero-order chi connectivity index (χ0) is 31.9. The van der Waals surface area contributed by atoms with E-state index >= 15 is 0 Å². The number of carbonyl (C=O) groups excluding carboxylic acids is 3. The van der Waals surface area contributed by atoms with E-state index in [9.17, 15) is 39.3 Å². The number of para-hydroxylation sites is 1. The van der Waals surface area contributed by atoms with E-state index in [-0.39, 0.29) is 61.2 Å². The molecule has 0 saturated heterocycles. The Kier molecular flexibility index (Phi) is 7.67. The Bertz CT molecular complexity index is 2110. The molecule has 0 aliphatic carbocycles. The van der Waals surface area contributed by atoms with E-state index in [4.69, 9.17) is 13.9 Å². The van der Waals surface area contributed by atoms with Crippen molar-refractivity contribution in [3.63, 3.8) is 0 Å². The van der Waals surface area contributed by atoms with Gasteiger partial charge in [-0.3, -0.25) is 14.4 Å². The molecule has 0 saturated carbocycles. The average molecular weight is 601 g/mol. The quantitative estimate of drug-likeness (QED) is 0.0938. The number of fused-ring (bicyclic) bond motifs is 3. The van der Waals surface area contributed by atoms with Crippen LogP contribution in [0.15, 0.2) is 57.7 Å². The molecule has 1 heterocycles. The standard InChI is InChI=1S/C32H24O12/c1-41-29-24(21(35)13-20(34)18-6-4-5-7-19(18)33)17(12-23(36)37)10-15-8-14-9-16-11-22(31(39)43-3)44-32(40)26(16)28(38)25(14)30(42-2)27(15)29/h4-11,33,38H,12-13H2,1-3H3,(H,36,37). The van der Waals surface area contributed by atoms with Crippen molar-refractivity contribution in [1.82, 2.24) is 0 Å². The van der Waals surface area contributed by atoms with Crippen LogP contribution in [0.25, 0.3) is 32.3 Å². The summed E-state index contributed by atoms with van der Waals surface area (Å²) in [4.78, 5) is 63.4. The molecule has 4 aromatic carbocycles. The summed E-state index contributed by atoms with van der Waals surface area (Å²) in [6.07, 6.45) is -1.33. The second kappa shape index (κ2) is 11.4. The monoisotopic (exact) mass is 600 g/mol. The number of carbonyl (C=O) groups is 4. The van der Waals surface area contributed by atoms with Crippen molar-refractivity contribution in [2.75, 3.05) is 21.3 Å². The number of carboxylic acids is 1. The van der Waals surface area contributed by atoms with Crippen molar-refractivity contribution in [3.8, 4) is 23.0 Å². The van der Waals surface area contributed by atoms with Crippen LogP contribution < -0.4 is 15.1 Å². The molecule has 3 N–H and O–H groups in total. The van der Waals surface area contributed by atoms with Gasteiger partial charge in [0.2, 0.25) is 5.76 Å². The number of phenolic OH excluding ortho intramolecular Hbond substituents is 2. The van der Waals surface area contributed by atoms with Gasteiger partial charge in [-0.1, -0.05) is 12.1 Å². The SMILES string of the molecule is COC(=O)c1cc2cc3cc4cc(CC(=O)O)c(C(=O)CC(=O)c5ccccc5O)c(OC)c4c(OC)c3c(O)c2c(=O)o1. The molecule has 44 heavy (non-hydrogen) atoms. The summed E-state index contributed by atoms with van der Waals surface area (Å²) < 4.78 is 21.0. The highest BCUT2D eigenvalue weighted by Crippen LogP contribution is 2.48. The van der Waals surface area contributed by atoms with E-state index in [0.717, 1.165) is 7.11 Å². The molecular formula is C32H24O12. The highest BCUT2D eigenvalue weighted by Gasteiger charge is 2.28. The number of ketones is 2. The van der Waals surface area contributed by atoms with Gasteiger partial charge >= 0.3 is 17.6 Å². The van der Waals surface area contributed by atoms with Crippen LogP contribution in [0.2, 0.25) is 0 Å². The lowest BCUT2D eigenvalue weighted by Crippen LogP contribution is -2.15. The minimum Gasteiger partial charge on any atom is -0.507 e. The van der Waals surface area contributed by atoms with Crippen LogP contribution in [-0.2, 0) is 16.0 Å². The van der Waals surface area contributed by atoms with Gasteiger partial charge in [0.15, 0.2) is 11.6 Å². The van der Waals surface area contributed by atoms with Crippen molar-refractivity contribution in [2.24, 2.45) is 0 Å². The van der Waals surface area contributed by atoms with Gasteiger partial charge in [0, 0.05) is 0 Å². The molecule has 224 valence electrons. The van der Waals surface area contributed by atoms with Crippen LogP contribution in [0, 0.1) is 0 Å². The number of rotatable bonds is 9. The fourth-order valence-electron chi connectivity index (χ4n) is 5.34. The number of esters is 1. The van der Waals surface area contributed by atoms with Crippen LogP contribution in [0.3, 0.4) is 0 Å². The highest BCUT2D eigenvalue weighted by molar-refractivity contribution is 6.21. The molecule has 1 aromatic heterocycles. The maximum atomic E-state index is 13.7. The van der Waals surface area contributed by atoms with E-state index in [2.05, 4.69) is 4.74 Å². The van der Waals surface area contributed by atoms with Gasteiger partial charge in [-0.25, -0.2) is 9.59 Å². The third-order valence-corrected chi connectivity index (χ3v) is 7.16. The number of aromatic hydroxyl groups is 2. The van der Waals surface area contributed by atoms with Gasteiger partial charge in [-0.2, -0.15) is 0 Å². The first kappa shape index (κ1) is 29.6. The van der Waals surface area contributed by atoms with E-state index in [1.807, 2.05) is 0 Å². The predicted octanol–water partition coefficient (Wildman–Crippen LogP) is 4.40. The number of aliphatic carboxylic acids is 1. The maximum Gasteiger partial charge on any atom is 0.374 e. The largest absolute Gasteiger partial charge is 0.507 e. The first-order valence-corrected chi connectivity index (χ1v) is 13.0. The van der Waals surface area contributed by atoms with Gasteiger partial charge in [0.1, 0.15) is 28.4 Å².